The molecular formula is C10H13N3O7S2. The molecule has 1 aliphatic rings. The van der Waals surface area contributed by atoms with Gasteiger partial charge in [0.1, 0.15) is 5.75 Å². The van der Waals surface area contributed by atoms with Crippen molar-refractivity contribution >= 4 is 26.5 Å². The van der Waals surface area contributed by atoms with Crippen LogP contribution in [0.25, 0.3) is 0 Å². The molecule has 1 aromatic rings. The zero-order chi connectivity index (χ0) is 16.4. The summed E-state index contributed by atoms with van der Waals surface area (Å²) in [6.45, 7) is -0.572. The minimum absolute atomic E-state index is 0.109. The molecule has 0 aromatic heterocycles. The lowest BCUT2D eigenvalue weighted by Crippen LogP contribution is -2.46. The number of ether oxygens (including phenoxy) is 1. The molecule has 0 bridgehead atoms. The van der Waals surface area contributed by atoms with Gasteiger partial charge in [0.25, 0.3) is 0 Å². The number of nitrogens with one attached hydrogen (secondary N) is 1. The predicted molar refractivity (Wildman–Crippen MR) is 73.9 cm³/mol. The number of hydroxylamine groups is 1. The number of rotatable bonds is 4. The summed E-state index contributed by atoms with van der Waals surface area (Å²) in [4.78, 5) is 16.1. The SMILES string of the molecule is CON1CCN(S(=O)(=O)NC(=O)Oc2ccccc2)S1(=O)=O. The van der Waals surface area contributed by atoms with E-state index in [0.29, 0.717) is 4.47 Å². The average molecular weight is 351 g/mol. The normalized spacial score (nSPS) is 19.0. The van der Waals surface area contributed by atoms with Crippen molar-refractivity contribution in [2.75, 3.05) is 20.2 Å². The maximum Gasteiger partial charge on any atom is 0.427 e. The summed E-state index contributed by atoms with van der Waals surface area (Å²) < 4.78 is 54.5. The Morgan fingerprint density at radius 1 is 1.23 bits per heavy atom. The Morgan fingerprint density at radius 3 is 2.41 bits per heavy atom. The fourth-order valence-corrected chi connectivity index (χ4v) is 4.72. The zero-order valence-corrected chi connectivity index (χ0v) is 13.0. The maximum atomic E-state index is 12.0. The molecule has 1 amide bonds. The van der Waals surface area contributed by atoms with Crippen LogP contribution in [0, 0.1) is 0 Å². The quantitative estimate of drug-likeness (QED) is 0.771. The van der Waals surface area contributed by atoms with Crippen LogP contribution in [-0.4, -0.2) is 51.3 Å². The first-order valence-electron chi connectivity index (χ1n) is 5.91. The molecule has 1 aliphatic heterocycles. The zero-order valence-electron chi connectivity index (χ0n) is 11.4. The Bertz CT molecular complexity index is 748. The molecule has 10 nitrogen and oxygen atoms in total. The van der Waals surface area contributed by atoms with E-state index in [0.717, 1.165) is 7.11 Å². The second kappa shape index (κ2) is 6.18. The number of benzene rings is 1. The van der Waals surface area contributed by atoms with E-state index in [9.17, 15) is 21.6 Å². The summed E-state index contributed by atoms with van der Waals surface area (Å²) >= 11 is 0. The molecule has 0 spiro atoms. The summed E-state index contributed by atoms with van der Waals surface area (Å²) in [7, 11) is -7.91. The van der Waals surface area contributed by atoms with Crippen LogP contribution in [0.3, 0.4) is 0 Å². The minimum Gasteiger partial charge on any atom is -0.410 e. The van der Waals surface area contributed by atoms with Gasteiger partial charge in [-0.05, 0) is 12.1 Å². The lowest BCUT2D eigenvalue weighted by molar-refractivity contribution is -0.0386. The third-order valence-electron chi connectivity index (χ3n) is 2.62. The molecule has 1 fully saturated rings. The van der Waals surface area contributed by atoms with Crippen LogP contribution in [0.15, 0.2) is 30.3 Å². The first-order chi connectivity index (χ1) is 10.3. The Kier molecular flexibility index (Phi) is 4.67. The van der Waals surface area contributed by atoms with Gasteiger partial charge in [0, 0.05) is 6.54 Å². The lowest BCUT2D eigenvalue weighted by atomic mass is 10.3. The number of carbonyl (C=O) groups excluding carboxylic acids is 1. The molecule has 2 rings (SSSR count). The van der Waals surface area contributed by atoms with Gasteiger partial charge in [0.05, 0.1) is 13.7 Å². The largest absolute Gasteiger partial charge is 0.427 e. The highest BCUT2D eigenvalue weighted by molar-refractivity contribution is 8.02. The van der Waals surface area contributed by atoms with Crippen LogP contribution in [0.4, 0.5) is 4.79 Å². The standard InChI is InChI=1S/C10H13N3O7S2/c1-19-12-7-8-13(22(12,17)18)21(15,16)11-10(14)20-9-5-3-2-4-6-9/h2-6H,7-8H2,1H3,(H,11,14). The fourth-order valence-electron chi connectivity index (χ4n) is 1.70. The van der Waals surface area contributed by atoms with E-state index in [1.807, 2.05) is 0 Å². The Labute approximate surface area is 127 Å². The summed E-state index contributed by atoms with van der Waals surface area (Å²) in [6.07, 6.45) is -1.32. The number of hydrogen-bond donors (Lipinski definition) is 1. The molecule has 12 heteroatoms. The molecule has 0 radical (unpaired) electrons. The molecule has 0 unspecified atom stereocenters. The van der Waals surface area contributed by atoms with Crippen LogP contribution in [0.2, 0.25) is 0 Å². The second-order valence-electron chi connectivity index (χ2n) is 4.02. The van der Waals surface area contributed by atoms with Crippen molar-refractivity contribution in [2.45, 2.75) is 0 Å². The highest BCUT2D eigenvalue weighted by atomic mass is 32.3. The van der Waals surface area contributed by atoms with Gasteiger partial charge in [-0.15, -0.1) is 0 Å². The van der Waals surface area contributed by atoms with Crippen LogP contribution >= 0.6 is 0 Å². The molecule has 0 aliphatic carbocycles. The number of para-hydroxylation sites is 1. The van der Waals surface area contributed by atoms with E-state index in [1.165, 1.54) is 16.9 Å². The highest BCUT2D eigenvalue weighted by Crippen LogP contribution is 2.19. The molecule has 1 saturated heterocycles. The number of hydrogen-bond acceptors (Lipinski definition) is 7. The second-order valence-corrected chi connectivity index (χ2v) is 7.59. The van der Waals surface area contributed by atoms with Crippen molar-refractivity contribution < 1.29 is 31.2 Å². The first kappa shape index (κ1) is 16.6. The highest BCUT2D eigenvalue weighted by Gasteiger charge is 2.45. The molecular weight excluding hydrogens is 338 g/mol. The van der Waals surface area contributed by atoms with Crippen LogP contribution in [-0.2, 0) is 25.3 Å². The molecule has 1 N–H and O–H groups in total. The molecule has 122 valence electrons. The smallest absolute Gasteiger partial charge is 0.410 e. The summed E-state index contributed by atoms with van der Waals surface area (Å²) in [5, 5.41) is 0. The third-order valence-corrected chi connectivity index (χ3v) is 6.46. The maximum absolute atomic E-state index is 12.0. The van der Waals surface area contributed by atoms with Crippen molar-refractivity contribution in [3.05, 3.63) is 30.3 Å². The number of nitrogens with zero attached hydrogens (tertiary/aromatic N) is 2. The van der Waals surface area contributed by atoms with Gasteiger partial charge in [0.15, 0.2) is 0 Å². The first-order valence-corrected chi connectivity index (χ1v) is 8.75. The molecule has 1 heterocycles. The minimum atomic E-state index is -4.63. The van der Waals surface area contributed by atoms with Crippen molar-refractivity contribution in [1.82, 2.24) is 12.9 Å². The summed E-state index contributed by atoms with van der Waals surface area (Å²) in [5.41, 5.74) is 0. The number of amides is 1. The van der Waals surface area contributed by atoms with Gasteiger partial charge in [-0.25, -0.2) is 9.52 Å². The third kappa shape index (κ3) is 3.36. The van der Waals surface area contributed by atoms with Gasteiger partial charge in [-0.1, -0.05) is 26.4 Å². The van der Waals surface area contributed by atoms with E-state index in [1.54, 1.807) is 18.2 Å². The summed E-state index contributed by atoms with van der Waals surface area (Å²) in [5.74, 6) is 0.109. The van der Waals surface area contributed by atoms with Crippen LogP contribution in [0.1, 0.15) is 0 Å². The van der Waals surface area contributed by atoms with Crippen LogP contribution in [0.5, 0.6) is 5.75 Å². The van der Waals surface area contributed by atoms with Gasteiger partial charge in [0.2, 0.25) is 0 Å². The average Bonchev–Trinajstić information content (AvgIpc) is 2.74. The topological polar surface area (TPSA) is 122 Å². The molecule has 1 aromatic carbocycles. The Balaban J connectivity index is 2.10. The van der Waals surface area contributed by atoms with E-state index >= 15 is 0 Å². The predicted octanol–water partition coefficient (Wildman–Crippen LogP) is -0.556. The summed E-state index contributed by atoms with van der Waals surface area (Å²) in [6, 6.07) is 7.71. The van der Waals surface area contributed by atoms with Crippen molar-refractivity contribution in [1.29, 1.82) is 0 Å². The molecule has 0 saturated carbocycles. The van der Waals surface area contributed by atoms with E-state index in [4.69, 9.17) is 4.74 Å². The fraction of sp³-hybridized carbons (Fsp3) is 0.300. The van der Waals surface area contributed by atoms with Gasteiger partial charge < -0.3 is 4.74 Å². The van der Waals surface area contributed by atoms with Gasteiger partial charge in [-0.3, -0.25) is 4.84 Å². The van der Waals surface area contributed by atoms with Crippen molar-refractivity contribution in [3.8, 4) is 5.75 Å². The van der Waals surface area contributed by atoms with Gasteiger partial charge in [-0.2, -0.15) is 16.8 Å². The Morgan fingerprint density at radius 2 is 1.86 bits per heavy atom. The lowest BCUT2D eigenvalue weighted by Gasteiger charge is -2.16. The van der Waals surface area contributed by atoms with Gasteiger partial charge >= 0.3 is 26.5 Å². The molecule has 0 atom stereocenters. The molecule has 22 heavy (non-hydrogen) atoms. The van der Waals surface area contributed by atoms with Crippen molar-refractivity contribution in [2.24, 2.45) is 0 Å². The van der Waals surface area contributed by atoms with Crippen molar-refractivity contribution in [3.63, 3.8) is 0 Å². The van der Waals surface area contributed by atoms with E-state index < -0.39 is 26.5 Å². The Hall–Kier alpha value is -1.73. The van der Waals surface area contributed by atoms with Crippen LogP contribution < -0.4 is 9.46 Å². The number of carbonyl (C=O) groups is 1. The van der Waals surface area contributed by atoms with E-state index in [2.05, 4.69) is 4.84 Å². The van der Waals surface area contributed by atoms with E-state index in [-0.39, 0.29) is 22.5 Å². The monoisotopic (exact) mass is 351 g/mol.